The summed E-state index contributed by atoms with van der Waals surface area (Å²) in [5.74, 6) is 0.214. The van der Waals surface area contributed by atoms with Gasteiger partial charge in [-0.25, -0.2) is 9.59 Å². The Bertz CT molecular complexity index is 1390. The van der Waals surface area contributed by atoms with Crippen LogP contribution in [0.3, 0.4) is 0 Å². The first-order valence-electron chi connectivity index (χ1n) is 13.5. The SMILES string of the molecule is CCC(COc1ccccc1)(NC(=O)OC(C)(C)C)C1Oc2ccccc2N(Cc2cccc(C(=O)OC)c2)C1=O. The molecule has 0 bridgehead atoms. The van der Waals surface area contributed by atoms with E-state index in [1.807, 2.05) is 43.3 Å². The molecule has 1 heterocycles. The Morgan fingerprint density at radius 3 is 2.37 bits per heavy atom. The van der Waals surface area contributed by atoms with Crippen molar-refractivity contribution in [2.45, 2.75) is 57.9 Å². The van der Waals surface area contributed by atoms with Gasteiger partial charge < -0.3 is 29.2 Å². The number of fused-ring (bicyclic) bond motifs is 1. The van der Waals surface area contributed by atoms with Crippen LogP contribution in [0.4, 0.5) is 10.5 Å². The Morgan fingerprint density at radius 2 is 1.68 bits per heavy atom. The van der Waals surface area contributed by atoms with E-state index in [0.29, 0.717) is 29.2 Å². The van der Waals surface area contributed by atoms with E-state index in [2.05, 4.69) is 5.32 Å². The highest BCUT2D eigenvalue weighted by Gasteiger charge is 2.51. The van der Waals surface area contributed by atoms with E-state index in [0.717, 1.165) is 5.56 Å². The molecule has 0 fully saturated rings. The van der Waals surface area contributed by atoms with Crippen molar-refractivity contribution in [2.75, 3.05) is 18.6 Å². The number of anilines is 1. The molecule has 3 aromatic carbocycles. The Kier molecular flexibility index (Phi) is 8.86. The summed E-state index contributed by atoms with van der Waals surface area (Å²) in [5.41, 5.74) is -0.386. The van der Waals surface area contributed by atoms with Gasteiger partial charge in [0.1, 0.15) is 29.2 Å². The number of amides is 2. The number of hydrogen-bond donors (Lipinski definition) is 1. The predicted octanol–water partition coefficient (Wildman–Crippen LogP) is 5.52. The summed E-state index contributed by atoms with van der Waals surface area (Å²) >= 11 is 0. The summed E-state index contributed by atoms with van der Waals surface area (Å²) < 4.78 is 22.9. The van der Waals surface area contributed by atoms with E-state index in [-0.39, 0.29) is 19.1 Å². The summed E-state index contributed by atoms with van der Waals surface area (Å²) in [5, 5.41) is 2.93. The molecular weight excluding hydrogens is 524 g/mol. The van der Waals surface area contributed by atoms with Crippen molar-refractivity contribution in [1.29, 1.82) is 0 Å². The molecule has 0 saturated heterocycles. The van der Waals surface area contributed by atoms with Gasteiger partial charge in [0, 0.05) is 0 Å². The molecule has 2 amide bonds. The van der Waals surface area contributed by atoms with Crippen LogP contribution in [0.15, 0.2) is 78.9 Å². The van der Waals surface area contributed by atoms with E-state index < -0.39 is 29.3 Å². The first-order valence-corrected chi connectivity index (χ1v) is 13.5. The first-order chi connectivity index (χ1) is 19.5. The van der Waals surface area contributed by atoms with Crippen LogP contribution in [0, 0.1) is 0 Å². The van der Waals surface area contributed by atoms with Gasteiger partial charge in [0.05, 0.1) is 24.9 Å². The van der Waals surface area contributed by atoms with Gasteiger partial charge in [-0.05, 0) is 69.2 Å². The van der Waals surface area contributed by atoms with Crippen LogP contribution in [-0.4, -0.2) is 48.9 Å². The predicted molar refractivity (Wildman–Crippen MR) is 154 cm³/mol. The van der Waals surface area contributed by atoms with Gasteiger partial charge in [-0.15, -0.1) is 0 Å². The molecular formula is C32H36N2O7. The standard InChI is InChI=1S/C32H36N2O7/c1-6-32(33-30(37)41-31(2,3)4,21-39-24-15-8-7-9-16-24)27-28(35)34(25-17-10-11-18-26(25)40-27)20-22-13-12-14-23(19-22)29(36)38-5/h7-19,27H,6,20-21H2,1-5H3,(H,33,37). The van der Waals surface area contributed by atoms with Crippen molar-refractivity contribution in [3.05, 3.63) is 90.0 Å². The lowest BCUT2D eigenvalue weighted by molar-refractivity contribution is -0.131. The first kappa shape index (κ1) is 29.5. The molecule has 0 aromatic heterocycles. The number of carbonyl (C=O) groups excluding carboxylic acids is 3. The van der Waals surface area contributed by atoms with Gasteiger partial charge in [-0.1, -0.05) is 49.4 Å². The monoisotopic (exact) mass is 560 g/mol. The maximum absolute atomic E-state index is 14.3. The van der Waals surface area contributed by atoms with Crippen LogP contribution in [0.25, 0.3) is 0 Å². The molecule has 216 valence electrons. The largest absolute Gasteiger partial charge is 0.491 e. The smallest absolute Gasteiger partial charge is 0.408 e. The van der Waals surface area contributed by atoms with Crippen LogP contribution >= 0.6 is 0 Å². The molecule has 9 nitrogen and oxygen atoms in total. The molecule has 1 N–H and O–H groups in total. The lowest BCUT2D eigenvalue weighted by Crippen LogP contribution is -2.67. The maximum Gasteiger partial charge on any atom is 0.408 e. The maximum atomic E-state index is 14.3. The minimum atomic E-state index is -1.30. The van der Waals surface area contributed by atoms with Crippen molar-refractivity contribution in [2.24, 2.45) is 0 Å². The highest BCUT2D eigenvalue weighted by Crippen LogP contribution is 2.38. The number of ether oxygens (including phenoxy) is 4. The fourth-order valence-corrected chi connectivity index (χ4v) is 4.62. The van der Waals surface area contributed by atoms with E-state index in [9.17, 15) is 14.4 Å². The van der Waals surface area contributed by atoms with Crippen LogP contribution in [0.1, 0.15) is 50.0 Å². The van der Waals surface area contributed by atoms with Crippen molar-refractivity contribution in [3.63, 3.8) is 0 Å². The number of esters is 1. The number of methoxy groups -OCH3 is 1. The molecule has 0 aliphatic carbocycles. The summed E-state index contributed by atoms with van der Waals surface area (Å²) in [6.07, 6.45) is -1.55. The van der Waals surface area contributed by atoms with Crippen LogP contribution in [-0.2, 0) is 20.8 Å². The molecule has 1 aliphatic heterocycles. The summed E-state index contributed by atoms with van der Waals surface area (Å²) in [6, 6.07) is 23.3. The Labute approximate surface area is 240 Å². The van der Waals surface area contributed by atoms with Gasteiger partial charge in [0.15, 0.2) is 0 Å². The minimum Gasteiger partial charge on any atom is -0.491 e. The van der Waals surface area contributed by atoms with Crippen LogP contribution in [0.2, 0.25) is 0 Å². The van der Waals surface area contributed by atoms with E-state index >= 15 is 0 Å². The fraction of sp³-hybridized carbons (Fsp3) is 0.344. The zero-order valence-corrected chi connectivity index (χ0v) is 24.0. The van der Waals surface area contributed by atoms with Crippen molar-refractivity contribution in [1.82, 2.24) is 5.32 Å². The summed E-state index contributed by atoms with van der Waals surface area (Å²) in [7, 11) is 1.32. The molecule has 4 rings (SSSR count). The zero-order valence-electron chi connectivity index (χ0n) is 24.0. The number of benzene rings is 3. The number of para-hydroxylation sites is 3. The highest BCUT2D eigenvalue weighted by molar-refractivity contribution is 6.01. The van der Waals surface area contributed by atoms with E-state index in [1.165, 1.54) is 7.11 Å². The van der Waals surface area contributed by atoms with E-state index in [4.69, 9.17) is 18.9 Å². The van der Waals surface area contributed by atoms with Crippen molar-refractivity contribution in [3.8, 4) is 11.5 Å². The number of rotatable bonds is 9. The van der Waals surface area contributed by atoms with Gasteiger partial charge in [0.25, 0.3) is 5.91 Å². The van der Waals surface area contributed by atoms with Crippen molar-refractivity contribution >= 4 is 23.7 Å². The number of nitrogens with zero attached hydrogens (tertiary/aromatic N) is 1. The molecule has 0 spiro atoms. The topological polar surface area (TPSA) is 103 Å². The quantitative estimate of drug-likeness (QED) is 0.344. The Hall–Kier alpha value is -4.53. The molecule has 0 radical (unpaired) electrons. The molecule has 41 heavy (non-hydrogen) atoms. The third-order valence-corrected chi connectivity index (χ3v) is 6.70. The minimum absolute atomic E-state index is 0.0585. The van der Waals surface area contributed by atoms with Crippen LogP contribution < -0.4 is 19.7 Å². The van der Waals surface area contributed by atoms with Gasteiger partial charge >= 0.3 is 12.1 Å². The molecule has 2 unspecified atom stereocenters. The average molecular weight is 561 g/mol. The number of hydrogen-bond acceptors (Lipinski definition) is 7. The second-order valence-electron chi connectivity index (χ2n) is 10.8. The molecule has 0 saturated carbocycles. The third kappa shape index (κ3) is 6.98. The van der Waals surface area contributed by atoms with Gasteiger partial charge in [-0.3, -0.25) is 4.79 Å². The van der Waals surface area contributed by atoms with Gasteiger partial charge in [-0.2, -0.15) is 0 Å². The second-order valence-corrected chi connectivity index (χ2v) is 10.8. The zero-order chi connectivity index (χ0) is 29.6. The van der Waals surface area contributed by atoms with Crippen LogP contribution in [0.5, 0.6) is 11.5 Å². The number of carbonyl (C=O) groups is 3. The molecule has 1 aliphatic rings. The third-order valence-electron chi connectivity index (χ3n) is 6.70. The number of alkyl carbamates (subject to hydrolysis) is 1. The normalized spacial score (nSPS) is 16.1. The lowest BCUT2D eigenvalue weighted by atomic mass is 9.87. The van der Waals surface area contributed by atoms with Gasteiger partial charge in [0.2, 0.25) is 6.10 Å². The fourth-order valence-electron chi connectivity index (χ4n) is 4.62. The van der Waals surface area contributed by atoms with E-state index in [1.54, 1.807) is 68.1 Å². The Balaban J connectivity index is 1.73. The van der Waals surface area contributed by atoms with Crippen molar-refractivity contribution < 1.29 is 33.3 Å². The summed E-state index contributed by atoms with van der Waals surface area (Å²) in [6.45, 7) is 7.26. The molecule has 9 heteroatoms. The highest BCUT2D eigenvalue weighted by atomic mass is 16.6. The molecule has 3 aromatic rings. The lowest BCUT2D eigenvalue weighted by Gasteiger charge is -2.44. The second kappa shape index (κ2) is 12.3. The molecule has 2 atom stereocenters. The number of nitrogens with one attached hydrogen (secondary N) is 1. The summed E-state index contributed by atoms with van der Waals surface area (Å²) in [4.78, 5) is 41.2. The average Bonchev–Trinajstić information content (AvgIpc) is 2.96. The Morgan fingerprint density at radius 1 is 0.976 bits per heavy atom.